The lowest BCUT2D eigenvalue weighted by Crippen LogP contribution is -2.34. The van der Waals surface area contributed by atoms with Crippen molar-refractivity contribution in [1.29, 1.82) is 0 Å². The van der Waals surface area contributed by atoms with Crippen molar-refractivity contribution in [3.63, 3.8) is 0 Å². The molecule has 1 N–H and O–H groups in total. The first kappa shape index (κ1) is 18.1. The highest BCUT2D eigenvalue weighted by Gasteiger charge is 2.25. The quantitative estimate of drug-likeness (QED) is 0.798. The molecule has 2 rings (SSSR count). The maximum atomic E-state index is 12.8. The summed E-state index contributed by atoms with van der Waals surface area (Å²) in [5, 5.41) is 2.86. The number of rotatable bonds is 8. The lowest BCUT2D eigenvalue weighted by Gasteiger charge is -2.22. The van der Waals surface area contributed by atoms with Crippen molar-refractivity contribution in [2.75, 3.05) is 6.54 Å². The first-order chi connectivity index (χ1) is 11.5. The molecule has 2 atom stereocenters. The van der Waals surface area contributed by atoms with E-state index >= 15 is 0 Å². The summed E-state index contributed by atoms with van der Waals surface area (Å²) in [6.45, 7) is 1.76. The molecule has 0 aliphatic carbocycles. The van der Waals surface area contributed by atoms with E-state index in [0.29, 0.717) is 0 Å². The Bertz CT molecular complexity index is 643. The Morgan fingerprint density at radius 3 is 2.62 bits per heavy atom. The maximum Gasteiger partial charge on any atom is 0.319 e. The fourth-order valence-electron chi connectivity index (χ4n) is 2.76. The van der Waals surface area contributed by atoms with E-state index in [1.807, 2.05) is 44.2 Å². The number of nitrogens with zero attached hydrogens (tertiary/aromatic N) is 2. The third-order valence-electron chi connectivity index (χ3n) is 4.26. The van der Waals surface area contributed by atoms with Gasteiger partial charge in [-0.1, -0.05) is 50.6 Å². The Morgan fingerprint density at radius 2 is 2.00 bits per heavy atom. The molecule has 6 heteroatoms. The van der Waals surface area contributed by atoms with E-state index in [1.54, 1.807) is 0 Å². The van der Waals surface area contributed by atoms with Gasteiger partial charge in [-0.25, -0.2) is 4.98 Å². The lowest BCUT2D eigenvalue weighted by atomic mass is 9.85. The van der Waals surface area contributed by atoms with Crippen molar-refractivity contribution in [3.05, 3.63) is 54.1 Å². The van der Waals surface area contributed by atoms with Crippen LogP contribution >= 0.6 is 0 Å². The molecule has 1 aromatic heterocycles. The van der Waals surface area contributed by atoms with Gasteiger partial charge in [0.05, 0.1) is 5.92 Å². The highest BCUT2D eigenvalue weighted by Crippen LogP contribution is 2.27. The first-order valence-electron chi connectivity index (χ1n) is 8.17. The Morgan fingerprint density at radius 1 is 1.29 bits per heavy atom. The van der Waals surface area contributed by atoms with Crippen LogP contribution in [-0.4, -0.2) is 22.0 Å². The van der Waals surface area contributed by atoms with E-state index in [2.05, 4.69) is 10.3 Å². The molecule has 0 saturated carbocycles. The smallest absolute Gasteiger partial charge is 0.319 e. The number of benzene rings is 1. The number of nitrogens with one attached hydrogen (secondary N) is 1. The number of hydrogen-bond acceptors (Lipinski definition) is 2. The number of hydrogen-bond donors (Lipinski definition) is 1. The highest BCUT2D eigenvalue weighted by molar-refractivity contribution is 5.83. The Hall–Kier alpha value is -2.24. The van der Waals surface area contributed by atoms with E-state index in [-0.39, 0.29) is 36.5 Å². The molecule has 0 spiro atoms. The molecule has 0 fully saturated rings. The van der Waals surface area contributed by atoms with Crippen molar-refractivity contribution < 1.29 is 13.6 Å². The van der Waals surface area contributed by atoms with Gasteiger partial charge < -0.3 is 5.32 Å². The Balaban J connectivity index is 1.99. The standard InChI is InChI=1S/C18H23F2N3O/c1-3-13(2)16(14-7-5-4-6-8-14)17(24)22-10-9-15-21-11-12-23(15)18(19)20/h4-8,11-13,16,18H,3,9-10H2,1-2H3,(H,22,24)/t13-,16-/m0/s1. The van der Waals surface area contributed by atoms with E-state index in [9.17, 15) is 13.6 Å². The average Bonchev–Trinajstić information content (AvgIpc) is 3.04. The minimum atomic E-state index is -2.62. The Kier molecular flexibility index (Phi) is 6.46. The zero-order valence-electron chi connectivity index (χ0n) is 14.0. The van der Waals surface area contributed by atoms with E-state index < -0.39 is 6.55 Å². The minimum absolute atomic E-state index is 0.0781. The van der Waals surface area contributed by atoms with Crippen LogP contribution in [0.15, 0.2) is 42.7 Å². The maximum absolute atomic E-state index is 12.8. The van der Waals surface area contributed by atoms with Gasteiger partial charge >= 0.3 is 6.55 Å². The molecule has 2 aromatic rings. The largest absolute Gasteiger partial charge is 0.355 e. The van der Waals surface area contributed by atoms with Crippen LogP contribution in [-0.2, 0) is 11.2 Å². The second kappa shape index (κ2) is 8.57. The fraction of sp³-hybridized carbons (Fsp3) is 0.444. The van der Waals surface area contributed by atoms with Crippen LogP contribution in [0.5, 0.6) is 0 Å². The van der Waals surface area contributed by atoms with Crippen LogP contribution in [0.4, 0.5) is 8.78 Å². The summed E-state index contributed by atoms with van der Waals surface area (Å²) in [5.41, 5.74) is 0.971. The summed E-state index contributed by atoms with van der Waals surface area (Å²) in [6, 6.07) is 9.63. The molecule has 0 bridgehead atoms. The second-order valence-electron chi connectivity index (χ2n) is 5.84. The molecule has 1 aromatic carbocycles. The molecule has 0 unspecified atom stereocenters. The van der Waals surface area contributed by atoms with Crippen molar-refractivity contribution in [2.24, 2.45) is 5.92 Å². The molecule has 1 heterocycles. The van der Waals surface area contributed by atoms with Crippen molar-refractivity contribution in [2.45, 2.75) is 39.2 Å². The summed E-state index contributed by atoms with van der Waals surface area (Å²) in [5.74, 6) is 0.136. The monoisotopic (exact) mass is 335 g/mol. The SMILES string of the molecule is CC[C@H](C)[C@H](C(=O)NCCc1nccn1C(F)F)c1ccccc1. The van der Waals surface area contributed by atoms with Gasteiger partial charge in [0, 0.05) is 25.4 Å². The van der Waals surface area contributed by atoms with E-state index in [0.717, 1.165) is 16.6 Å². The number of carbonyl (C=O) groups is 1. The third kappa shape index (κ3) is 4.40. The molecular weight excluding hydrogens is 312 g/mol. The Labute approximate surface area is 140 Å². The summed E-state index contributed by atoms with van der Waals surface area (Å²) in [6.07, 6.45) is 3.73. The minimum Gasteiger partial charge on any atom is -0.355 e. The molecule has 130 valence electrons. The van der Waals surface area contributed by atoms with Crippen LogP contribution in [0.3, 0.4) is 0 Å². The molecular formula is C18H23F2N3O. The van der Waals surface area contributed by atoms with E-state index in [1.165, 1.54) is 12.4 Å². The van der Waals surface area contributed by atoms with Crippen LogP contribution < -0.4 is 5.32 Å². The zero-order valence-corrected chi connectivity index (χ0v) is 14.0. The van der Waals surface area contributed by atoms with Crippen LogP contribution in [0, 0.1) is 5.92 Å². The number of carbonyl (C=O) groups excluding carboxylic acids is 1. The van der Waals surface area contributed by atoms with Gasteiger partial charge in [0.1, 0.15) is 5.82 Å². The fourth-order valence-corrected chi connectivity index (χ4v) is 2.76. The number of imidazole rings is 1. The number of aromatic nitrogens is 2. The molecule has 24 heavy (non-hydrogen) atoms. The summed E-state index contributed by atoms with van der Waals surface area (Å²) >= 11 is 0. The topological polar surface area (TPSA) is 46.9 Å². The van der Waals surface area contributed by atoms with Crippen LogP contribution in [0.2, 0.25) is 0 Å². The van der Waals surface area contributed by atoms with Crippen molar-refractivity contribution in [1.82, 2.24) is 14.9 Å². The molecule has 0 saturated heterocycles. The van der Waals surface area contributed by atoms with E-state index in [4.69, 9.17) is 0 Å². The second-order valence-corrected chi connectivity index (χ2v) is 5.84. The first-order valence-corrected chi connectivity index (χ1v) is 8.17. The number of halogens is 2. The molecule has 0 aliphatic heterocycles. The number of amides is 1. The van der Waals surface area contributed by atoms with Gasteiger partial charge in [-0.05, 0) is 11.5 Å². The predicted octanol–water partition coefficient (Wildman–Crippen LogP) is 3.77. The van der Waals surface area contributed by atoms with Gasteiger partial charge in [0.25, 0.3) is 0 Å². The number of alkyl halides is 2. The third-order valence-corrected chi connectivity index (χ3v) is 4.26. The normalized spacial score (nSPS) is 13.7. The van der Waals surface area contributed by atoms with Gasteiger partial charge in [-0.15, -0.1) is 0 Å². The van der Waals surface area contributed by atoms with Gasteiger partial charge in [0.15, 0.2) is 0 Å². The summed E-state index contributed by atoms with van der Waals surface area (Å²) in [7, 11) is 0. The highest BCUT2D eigenvalue weighted by atomic mass is 19.3. The van der Waals surface area contributed by atoms with Gasteiger partial charge in [-0.2, -0.15) is 8.78 Å². The van der Waals surface area contributed by atoms with Gasteiger partial charge in [0.2, 0.25) is 5.91 Å². The lowest BCUT2D eigenvalue weighted by molar-refractivity contribution is -0.123. The zero-order chi connectivity index (χ0) is 17.5. The average molecular weight is 335 g/mol. The van der Waals surface area contributed by atoms with Crippen LogP contribution in [0.25, 0.3) is 0 Å². The molecule has 4 nitrogen and oxygen atoms in total. The van der Waals surface area contributed by atoms with Crippen molar-refractivity contribution in [3.8, 4) is 0 Å². The molecule has 0 aliphatic rings. The molecule has 1 amide bonds. The summed E-state index contributed by atoms with van der Waals surface area (Å²) in [4.78, 5) is 16.5. The summed E-state index contributed by atoms with van der Waals surface area (Å²) < 4.78 is 26.4. The predicted molar refractivity (Wildman–Crippen MR) is 88.8 cm³/mol. The van der Waals surface area contributed by atoms with Crippen LogP contribution in [0.1, 0.15) is 44.1 Å². The molecule has 0 radical (unpaired) electrons. The van der Waals surface area contributed by atoms with Gasteiger partial charge in [-0.3, -0.25) is 9.36 Å². The van der Waals surface area contributed by atoms with Crippen molar-refractivity contribution >= 4 is 5.91 Å².